The third-order valence-electron chi connectivity index (χ3n) is 4.49. The van der Waals surface area contributed by atoms with Gasteiger partial charge in [0.15, 0.2) is 0 Å². The molecular formula is C16H29N3O. The van der Waals surface area contributed by atoms with Gasteiger partial charge >= 0.3 is 0 Å². The van der Waals surface area contributed by atoms with Crippen LogP contribution in [0.5, 0.6) is 0 Å². The van der Waals surface area contributed by atoms with Gasteiger partial charge in [0.1, 0.15) is 5.76 Å². The maximum atomic E-state index is 5.75. The second-order valence-corrected chi connectivity index (χ2v) is 6.75. The van der Waals surface area contributed by atoms with Gasteiger partial charge in [0.2, 0.25) is 5.89 Å². The molecule has 1 aromatic rings. The zero-order chi connectivity index (χ0) is 14.9. The van der Waals surface area contributed by atoms with E-state index in [0.717, 1.165) is 24.7 Å². The molecule has 4 nitrogen and oxygen atoms in total. The van der Waals surface area contributed by atoms with Crippen molar-refractivity contribution in [2.24, 2.45) is 11.8 Å². The molecule has 3 atom stereocenters. The molecule has 2 heterocycles. The molecule has 114 valence electrons. The van der Waals surface area contributed by atoms with Gasteiger partial charge in [-0.1, -0.05) is 27.7 Å². The molecule has 4 heteroatoms. The number of nitrogens with one attached hydrogen (secondary N) is 1. The maximum absolute atomic E-state index is 5.75. The lowest BCUT2D eigenvalue weighted by molar-refractivity contribution is 0.0411. The second kappa shape index (κ2) is 6.27. The van der Waals surface area contributed by atoms with Crippen molar-refractivity contribution < 1.29 is 4.42 Å². The fourth-order valence-electron chi connectivity index (χ4n) is 3.03. The number of hydrogen-bond donors (Lipinski definition) is 1. The van der Waals surface area contributed by atoms with E-state index in [0.29, 0.717) is 23.9 Å². The van der Waals surface area contributed by atoms with Crippen LogP contribution in [0.3, 0.4) is 0 Å². The Kier molecular flexibility index (Phi) is 4.86. The minimum absolute atomic E-state index is 0.236. The van der Waals surface area contributed by atoms with Gasteiger partial charge in [0.05, 0.1) is 12.2 Å². The van der Waals surface area contributed by atoms with Gasteiger partial charge in [-0.3, -0.25) is 4.90 Å². The number of nitrogens with zero attached hydrogens (tertiary/aromatic N) is 2. The fraction of sp³-hybridized carbons (Fsp3) is 0.812. The van der Waals surface area contributed by atoms with Crippen LogP contribution in [0.1, 0.15) is 52.3 Å². The van der Waals surface area contributed by atoms with Gasteiger partial charge < -0.3 is 9.73 Å². The first-order valence-corrected chi connectivity index (χ1v) is 7.81. The van der Waals surface area contributed by atoms with E-state index < -0.39 is 0 Å². The maximum Gasteiger partial charge on any atom is 0.211 e. The van der Waals surface area contributed by atoms with Gasteiger partial charge in [-0.05, 0) is 25.7 Å². The van der Waals surface area contributed by atoms with Crippen molar-refractivity contribution in [2.75, 3.05) is 13.1 Å². The van der Waals surface area contributed by atoms with E-state index in [4.69, 9.17) is 4.42 Å². The van der Waals surface area contributed by atoms with E-state index in [-0.39, 0.29) is 6.04 Å². The summed E-state index contributed by atoms with van der Waals surface area (Å²) in [6.45, 7) is 15.4. The average Bonchev–Trinajstić information content (AvgIpc) is 2.83. The summed E-state index contributed by atoms with van der Waals surface area (Å²) in [4.78, 5) is 6.99. The number of hydrogen-bond acceptors (Lipinski definition) is 4. The SMILES string of the molecule is Cc1cnc(C(C)N2CC(C(C)C)NCC2C(C)C)o1. The lowest BCUT2D eigenvalue weighted by atomic mass is 9.93. The zero-order valence-corrected chi connectivity index (χ0v) is 13.7. The average molecular weight is 279 g/mol. The van der Waals surface area contributed by atoms with Crippen LogP contribution in [-0.4, -0.2) is 35.1 Å². The lowest BCUT2D eigenvalue weighted by Gasteiger charge is -2.45. The number of piperazine rings is 1. The van der Waals surface area contributed by atoms with Crippen LogP contribution < -0.4 is 5.32 Å². The van der Waals surface area contributed by atoms with E-state index in [1.165, 1.54) is 0 Å². The van der Waals surface area contributed by atoms with Crippen molar-refractivity contribution >= 4 is 0 Å². The Bertz CT molecular complexity index is 427. The molecule has 0 saturated carbocycles. The molecule has 2 rings (SSSR count). The number of aryl methyl sites for hydroxylation is 1. The van der Waals surface area contributed by atoms with Crippen LogP contribution in [0, 0.1) is 18.8 Å². The summed E-state index contributed by atoms with van der Waals surface area (Å²) < 4.78 is 5.75. The Morgan fingerprint density at radius 1 is 1.25 bits per heavy atom. The summed E-state index contributed by atoms with van der Waals surface area (Å²) in [6, 6.07) is 1.31. The highest BCUT2D eigenvalue weighted by Crippen LogP contribution is 2.28. The van der Waals surface area contributed by atoms with E-state index in [1.54, 1.807) is 0 Å². The molecule has 1 N–H and O–H groups in total. The van der Waals surface area contributed by atoms with Gasteiger partial charge in [-0.2, -0.15) is 0 Å². The van der Waals surface area contributed by atoms with Crippen LogP contribution in [0.15, 0.2) is 10.6 Å². The Balaban J connectivity index is 2.18. The van der Waals surface area contributed by atoms with Crippen molar-refractivity contribution in [1.29, 1.82) is 0 Å². The summed E-state index contributed by atoms with van der Waals surface area (Å²) in [7, 11) is 0. The summed E-state index contributed by atoms with van der Waals surface area (Å²) >= 11 is 0. The van der Waals surface area contributed by atoms with E-state index in [9.17, 15) is 0 Å². The van der Waals surface area contributed by atoms with Crippen LogP contribution in [0.25, 0.3) is 0 Å². The van der Waals surface area contributed by atoms with Crippen LogP contribution in [-0.2, 0) is 0 Å². The molecule has 0 aromatic carbocycles. The molecule has 1 aliphatic rings. The molecule has 0 amide bonds. The Hall–Kier alpha value is -0.870. The molecule has 1 aromatic heterocycles. The van der Waals surface area contributed by atoms with Gasteiger partial charge in [-0.25, -0.2) is 4.98 Å². The van der Waals surface area contributed by atoms with E-state index in [1.807, 2.05) is 13.1 Å². The minimum Gasteiger partial charge on any atom is -0.444 e. The third kappa shape index (κ3) is 3.23. The zero-order valence-electron chi connectivity index (χ0n) is 13.7. The summed E-state index contributed by atoms with van der Waals surface area (Å²) in [5.74, 6) is 3.00. The third-order valence-corrected chi connectivity index (χ3v) is 4.49. The Morgan fingerprint density at radius 2 is 1.95 bits per heavy atom. The summed E-state index contributed by atoms with van der Waals surface area (Å²) in [5, 5.41) is 3.70. The molecule has 0 aliphatic carbocycles. The first kappa shape index (κ1) is 15.5. The lowest BCUT2D eigenvalue weighted by Crippen LogP contribution is -2.60. The van der Waals surface area contributed by atoms with Crippen LogP contribution in [0.2, 0.25) is 0 Å². The molecule has 20 heavy (non-hydrogen) atoms. The number of oxazole rings is 1. The monoisotopic (exact) mass is 279 g/mol. The highest BCUT2D eigenvalue weighted by atomic mass is 16.4. The highest BCUT2D eigenvalue weighted by molar-refractivity contribution is 5.00. The molecule has 0 spiro atoms. The first-order chi connectivity index (χ1) is 9.40. The second-order valence-electron chi connectivity index (χ2n) is 6.75. The molecule has 0 bridgehead atoms. The summed E-state index contributed by atoms with van der Waals surface area (Å²) in [6.07, 6.45) is 1.82. The molecule has 1 aliphatic heterocycles. The normalized spacial score (nSPS) is 26.4. The molecule has 1 fully saturated rings. The van der Waals surface area contributed by atoms with Gasteiger partial charge in [0.25, 0.3) is 0 Å². The fourth-order valence-corrected chi connectivity index (χ4v) is 3.03. The molecule has 1 saturated heterocycles. The molecule has 0 radical (unpaired) electrons. The quantitative estimate of drug-likeness (QED) is 0.920. The molecular weight excluding hydrogens is 250 g/mol. The predicted molar refractivity (Wildman–Crippen MR) is 81.6 cm³/mol. The van der Waals surface area contributed by atoms with Gasteiger partial charge in [0, 0.05) is 25.2 Å². The standard InChI is InChI=1S/C16H29N3O/c1-10(2)14-9-19(15(8-17-14)11(3)4)13(6)16-18-7-12(5)20-16/h7,10-11,13-15,17H,8-9H2,1-6H3. The Morgan fingerprint density at radius 3 is 2.45 bits per heavy atom. The van der Waals surface area contributed by atoms with Crippen LogP contribution in [0.4, 0.5) is 0 Å². The van der Waals surface area contributed by atoms with Crippen molar-refractivity contribution in [2.45, 2.75) is 59.7 Å². The smallest absolute Gasteiger partial charge is 0.211 e. The van der Waals surface area contributed by atoms with E-state index in [2.05, 4.69) is 49.8 Å². The van der Waals surface area contributed by atoms with Gasteiger partial charge in [-0.15, -0.1) is 0 Å². The van der Waals surface area contributed by atoms with Crippen molar-refractivity contribution in [3.63, 3.8) is 0 Å². The summed E-state index contributed by atoms with van der Waals surface area (Å²) in [5.41, 5.74) is 0. The molecule has 3 unspecified atom stereocenters. The van der Waals surface area contributed by atoms with Crippen molar-refractivity contribution in [1.82, 2.24) is 15.2 Å². The largest absolute Gasteiger partial charge is 0.444 e. The van der Waals surface area contributed by atoms with Crippen molar-refractivity contribution in [3.8, 4) is 0 Å². The highest BCUT2D eigenvalue weighted by Gasteiger charge is 2.35. The minimum atomic E-state index is 0.236. The predicted octanol–water partition coefficient (Wildman–Crippen LogP) is 3.00. The number of aromatic nitrogens is 1. The van der Waals surface area contributed by atoms with Crippen molar-refractivity contribution in [3.05, 3.63) is 17.8 Å². The number of rotatable bonds is 4. The first-order valence-electron chi connectivity index (χ1n) is 7.81. The topological polar surface area (TPSA) is 41.3 Å². The van der Waals surface area contributed by atoms with Crippen LogP contribution >= 0.6 is 0 Å². The Labute approximate surface area is 122 Å². The van der Waals surface area contributed by atoms with E-state index >= 15 is 0 Å².